The third-order valence-corrected chi connectivity index (χ3v) is 7.19. The topological polar surface area (TPSA) is 90.0 Å². The Morgan fingerprint density at radius 1 is 0.974 bits per heavy atom. The Labute approximate surface area is 219 Å². The Morgan fingerprint density at radius 2 is 1.71 bits per heavy atom. The summed E-state index contributed by atoms with van der Waals surface area (Å²) >= 11 is 6.25. The highest BCUT2D eigenvalue weighted by atomic mass is 35.5. The number of rotatable bonds is 3. The number of aromatic nitrogens is 6. The third-order valence-electron chi connectivity index (χ3n) is 6.96. The lowest BCUT2D eigenvalue weighted by Crippen LogP contribution is -2.45. The molecule has 1 aromatic carbocycles. The van der Waals surface area contributed by atoms with E-state index in [9.17, 15) is 17.6 Å². The van der Waals surface area contributed by atoms with Crippen molar-refractivity contribution in [2.24, 2.45) is 0 Å². The minimum atomic E-state index is -4.93. The van der Waals surface area contributed by atoms with E-state index in [0.717, 1.165) is 42.6 Å². The van der Waals surface area contributed by atoms with Gasteiger partial charge in [-0.05, 0) is 37.2 Å². The Morgan fingerprint density at radius 3 is 2.42 bits per heavy atom. The summed E-state index contributed by atoms with van der Waals surface area (Å²) in [7, 11) is 2.05. The van der Waals surface area contributed by atoms with Crippen molar-refractivity contribution in [3.8, 4) is 0 Å². The molecule has 0 spiro atoms. The number of alkyl halides is 3. The molecular formula is C24H22ClF4N9. The number of benzene rings is 1. The largest absolute Gasteiger partial charge is 0.451 e. The molecule has 1 fully saturated rings. The molecule has 0 aliphatic carbocycles. The van der Waals surface area contributed by atoms with Gasteiger partial charge in [-0.2, -0.15) is 32.5 Å². The highest BCUT2D eigenvalue weighted by molar-refractivity contribution is 6.31. The van der Waals surface area contributed by atoms with Crippen LogP contribution in [-0.2, 0) is 12.6 Å². The van der Waals surface area contributed by atoms with Crippen LogP contribution in [-0.4, -0.2) is 74.6 Å². The number of aromatic amines is 1. The van der Waals surface area contributed by atoms with E-state index in [0.29, 0.717) is 28.6 Å². The maximum Gasteiger partial charge on any atom is 0.451 e. The van der Waals surface area contributed by atoms with E-state index in [4.69, 9.17) is 11.6 Å². The van der Waals surface area contributed by atoms with E-state index >= 15 is 0 Å². The van der Waals surface area contributed by atoms with Gasteiger partial charge in [0, 0.05) is 72.3 Å². The van der Waals surface area contributed by atoms with Gasteiger partial charge in [0.2, 0.25) is 17.7 Å². The van der Waals surface area contributed by atoms with Crippen LogP contribution in [0.25, 0.3) is 10.9 Å². The summed E-state index contributed by atoms with van der Waals surface area (Å²) in [5.74, 6) is -1.44. The second-order valence-corrected chi connectivity index (χ2v) is 9.82. The summed E-state index contributed by atoms with van der Waals surface area (Å²) in [5, 5.41) is 1.47. The van der Waals surface area contributed by atoms with Crippen LogP contribution in [0.1, 0.15) is 28.7 Å². The Kier molecular flexibility index (Phi) is 6.06. The summed E-state index contributed by atoms with van der Waals surface area (Å²) < 4.78 is 54.4. The summed E-state index contributed by atoms with van der Waals surface area (Å²) in [5.41, 5.74) is 3.08. The maximum absolute atomic E-state index is 14.2. The lowest BCUT2D eigenvalue weighted by Gasteiger charge is -2.36. The molecule has 1 saturated heterocycles. The molecular weight excluding hydrogens is 526 g/mol. The van der Waals surface area contributed by atoms with Crippen LogP contribution in [0.5, 0.6) is 0 Å². The number of likely N-dealkylation sites (N-methyl/N-ethyl adjacent to an activating group) is 1. The first kappa shape index (κ1) is 24.7. The molecule has 5 heterocycles. The third kappa shape index (κ3) is 4.49. The van der Waals surface area contributed by atoms with Crippen LogP contribution in [0.15, 0.2) is 30.6 Å². The standard InChI is InChI=1S/C24H22ClF4N9/c1-36-6-8-37(9-7-36)22-30-11-13(12-31-22)19-18-15(16-10-14(25)2-3-17(16)32-18)4-5-38(19)23-34-20(24(27,28)29)33-21(26)35-23/h2-3,10-12,19,32H,4-9H2,1H3/t19-/m0/s1. The zero-order chi connectivity index (χ0) is 26.6. The molecule has 0 radical (unpaired) electrons. The van der Waals surface area contributed by atoms with Crippen molar-refractivity contribution in [2.75, 3.05) is 49.6 Å². The summed E-state index contributed by atoms with van der Waals surface area (Å²) in [6.07, 6.45) is -2.69. The highest BCUT2D eigenvalue weighted by Gasteiger charge is 2.39. The van der Waals surface area contributed by atoms with Crippen molar-refractivity contribution in [1.82, 2.24) is 34.8 Å². The van der Waals surface area contributed by atoms with Gasteiger partial charge in [0.1, 0.15) is 6.04 Å². The fourth-order valence-corrected chi connectivity index (χ4v) is 5.23. The van der Waals surface area contributed by atoms with E-state index in [1.165, 1.54) is 4.90 Å². The molecule has 0 saturated carbocycles. The fraction of sp³-hybridized carbons (Fsp3) is 0.375. The summed E-state index contributed by atoms with van der Waals surface area (Å²) in [4.78, 5) is 28.4. The van der Waals surface area contributed by atoms with E-state index in [1.807, 2.05) is 12.1 Å². The van der Waals surface area contributed by atoms with Crippen LogP contribution in [0.4, 0.5) is 29.5 Å². The van der Waals surface area contributed by atoms with Crippen molar-refractivity contribution in [3.05, 3.63) is 64.3 Å². The van der Waals surface area contributed by atoms with Crippen molar-refractivity contribution in [3.63, 3.8) is 0 Å². The van der Waals surface area contributed by atoms with Gasteiger partial charge in [-0.25, -0.2) is 9.97 Å². The van der Waals surface area contributed by atoms with Gasteiger partial charge >= 0.3 is 12.3 Å². The predicted octanol–water partition coefficient (Wildman–Crippen LogP) is 3.86. The molecule has 4 aromatic rings. The molecule has 0 bridgehead atoms. The van der Waals surface area contributed by atoms with E-state index in [-0.39, 0.29) is 6.54 Å². The Bertz CT molecular complexity index is 1480. The summed E-state index contributed by atoms with van der Waals surface area (Å²) in [6.45, 7) is 3.55. The molecule has 0 unspecified atom stereocenters. The van der Waals surface area contributed by atoms with Crippen LogP contribution in [0.2, 0.25) is 5.02 Å². The van der Waals surface area contributed by atoms with Gasteiger partial charge in [-0.1, -0.05) is 11.6 Å². The predicted molar refractivity (Wildman–Crippen MR) is 133 cm³/mol. The first-order valence-corrected chi connectivity index (χ1v) is 12.4. The van der Waals surface area contributed by atoms with Crippen molar-refractivity contribution >= 4 is 34.4 Å². The van der Waals surface area contributed by atoms with Crippen LogP contribution >= 0.6 is 11.6 Å². The molecule has 0 amide bonds. The second-order valence-electron chi connectivity index (χ2n) is 9.39. The number of fused-ring (bicyclic) bond motifs is 3. The van der Waals surface area contributed by atoms with Crippen LogP contribution < -0.4 is 9.80 Å². The molecule has 1 atom stereocenters. The number of nitrogens with zero attached hydrogens (tertiary/aromatic N) is 8. The monoisotopic (exact) mass is 547 g/mol. The summed E-state index contributed by atoms with van der Waals surface area (Å²) in [6, 6.07) is 4.74. The van der Waals surface area contributed by atoms with E-state index < -0.39 is 30.1 Å². The van der Waals surface area contributed by atoms with Crippen molar-refractivity contribution in [1.29, 1.82) is 0 Å². The van der Waals surface area contributed by atoms with E-state index in [2.05, 4.69) is 46.8 Å². The average molecular weight is 548 g/mol. The van der Waals surface area contributed by atoms with Gasteiger partial charge in [0.25, 0.3) is 0 Å². The molecule has 9 nitrogen and oxygen atoms in total. The number of anilines is 2. The number of H-pyrrole nitrogens is 1. The smallest absolute Gasteiger partial charge is 0.356 e. The number of hydrogen-bond acceptors (Lipinski definition) is 8. The van der Waals surface area contributed by atoms with Gasteiger partial charge in [0.15, 0.2) is 0 Å². The SMILES string of the molecule is CN1CCN(c2ncc([C@H]3c4[nH]c5ccc(Cl)cc5c4CCN3c3nc(F)nc(C(F)(F)F)n3)cn2)CC1. The molecule has 14 heteroatoms. The first-order valence-electron chi connectivity index (χ1n) is 12.0. The second kappa shape index (κ2) is 9.31. The quantitative estimate of drug-likeness (QED) is 0.387. The van der Waals surface area contributed by atoms with Gasteiger partial charge < -0.3 is 19.7 Å². The number of halogens is 5. The molecule has 6 rings (SSSR count). The molecule has 3 aromatic heterocycles. The van der Waals surface area contributed by atoms with Crippen molar-refractivity contribution < 1.29 is 17.6 Å². The fourth-order valence-electron chi connectivity index (χ4n) is 5.06. The minimum absolute atomic E-state index is 0.220. The number of nitrogens with one attached hydrogen (secondary N) is 1. The number of hydrogen-bond donors (Lipinski definition) is 1. The normalized spacial score (nSPS) is 18.7. The maximum atomic E-state index is 14.2. The highest BCUT2D eigenvalue weighted by Crippen LogP contribution is 2.40. The van der Waals surface area contributed by atoms with Crippen LogP contribution in [0, 0.1) is 6.08 Å². The molecule has 38 heavy (non-hydrogen) atoms. The minimum Gasteiger partial charge on any atom is -0.356 e. The van der Waals surface area contributed by atoms with Gasteiger partial charge in [-0.15, -0.1) is 0 Å². The molecule has 198 valence electrons. The van der Waals surface area contributed by atoms with Crippen molar-refractivity contribution in [2.45, 2.75) is 18.6 Å². The van der Waals surface area contributed by atoms with Crippen LogP contribution in [0.3, 0.4) is 0 Å². The van der Waals surface area contributed by atoms with Gasteiger partial charge in [-0.3, -0.25) is 0 Å². The average Bonchev–Trinajstić information content (AvgIpc) is 3.26. The zero-order valence-corrected chi connectivity index (χ0v) is 20.9. The van der Waals surface area contributed by atoms with Gasteiger partial charge in [0.05, 0.1) is 0 Å². The molecule has 1 N–H and O–H groups in total. The number of piperazine rings is 1. The Balaban J connectivity index is 1.45. The van der Waals surface area contributed by atoms with E-state index in [1.54, 1.807) is 18.5 Å². The Hall–Kier alpha value is -3.58. The first-order chi connectivity index (χ1) is 18.2. The molecule has 2 aliphatic heterocycles. The zero-order valence-electron chi connectivity index (χ0n) is 20.2. The lowest BCUT2D eigenvalue weighted by atomic mass is 9.94. The lowest BCUT2D eigenvalue weighted by molar-refractivity contribution is -0.145. The molecule has 2 aliphatic rings.